The highest BCUT2D eigenvalue weighted by Gasteiger charge is 2.64. The average Bonchev–Trinajstić information content (AvgIpc) is 2.90. The molecule has 0 heterocycles. The Hall–Kier alpha value is -1.33. The van der Waals surface area contributed by atoms with Crippen LogP contribution in [0.1, 0.15) is 65.7 Å². The van der Waals surface area contributed by atoms with Gasteiger partial charge in [-0.05, 0) is 73.3 Å². The molecule has 0 aromatic carbocycles. The summed E-state index contributed by atoms with van der Waals surface area (Å²) in [6.45, 7) is 5.47. The summed E-state index contributed by atoms with van der Waals surface area (Å²) in [6.07, 6.45) is 0.959. The van der Waals surface area contributed by atoms with E-state index in [1.807, 2.05) is 6.92 Å². The summed E-state index contributed by atoms with van der Waals surface area (Å²) in [4.78, 5) is 23.5. The van der Waals surface area contributed by atoms with Crippen LogP contribution in [0.4, 0.5) is 13.2 Å². The van der Waals surface area contributed by atoms with Gasteiger partial charge in [0.05, 0.1) is 5.92 Å². The van der Waals surface area contributed by atoms with Crippen LogP contribution in [0, 0.1) is 34.5 Å². The topological polar surface area (TPSA) is 43.4 Å². The molecule has 0 amide bonds. The maximum atomic E-state index is 14.0. The van der Waals surface area contributed by atoms with Crippen molar-refractivity contribution >= 4 is 11.8 Å². The number of hydrogen-bond acceptors (Lipinski definition) is 3. The summed E-state index contributed by atoms with van der Waals surface area (Å²) in [5, 5.41) is 0. The number of carbonyl (C=O) groups excluding carboxylic acids is 2. The second-order valence-electron chi connectivity index (χ2n) is 9.91. The lowest BCUT2D eigenvalue weighted by atomic mass is 9.45. The van der Waals surface area contributed by atoms with Crippen LogP contribution in [-0.4, -0.2) is 24.0 Å². The lowest BCUT2D eigenvalue weighted by Crippen LogP contribution is -2.55. The zero-order chi connectivity index (χ0) is 20.5. The third-order valence-electron chi connectivity index (χ3n) is 8.62. The van der Waals surface area contributed by atoms with Crippen LogP contribution < -0.4 is 0 Å². The first-order valence-corrected chi connectivity index (χ1v) is 10.5. The maximum absolute atomic E-state index is 14.0. The third-order valence-corrected chi connectivity index (χ3v) is 8.62. The predicted octanol–water partition coefficient (Wildman–Crippen LogP) is 5.24. The second kappa shape index (κ2) is 6.33. The number of ketones is 1. The van der Waals surface area contributed by atoms with Crippen LogP contribution in [0.15, 0.2) is 11.6 Å². The Morgan fingerprint density at radius 2 is 1.86 bits per heavy atom. The van der Waals surface area contributed by atoms with Crippen LogP contribution in [0.5, 0.6) is 0 Å². The van der Waals surface area contributed by atoms with E-state index in [4.69, 9.17) is 4.74 Å². The number of ether oxygens (including phenoxy) is 1. The number of hydrogen-bond donors (Lipinski definition) is 0. The van der Waals surface area contributed by atoms with E-state index in [2.05, 4.69) is 6.92 Å². The standard InChI is InChI=1S/C22H29F3O3/c1-12(26)28-19-5-4-15-14-11-18(22(23,24)25)17-10-13(27)6-8-20(17,2)16(14)7-9-21(15,19)3/h10,14-16,18-19H,4-9,11H2,1-3H3/t14-,15-,16-,18+,19+,20+,21-/m0/s1. The molecule has 0 spiro atoms. The van der Waals surface area contributed by atoms with Crippen molar-refractivity contribution in [2.75, 3.05) is 0 Å². The van der Waals surface area contributed by atoms with E-state index < -0.39 is 17.5 Å². The van der Waals surface area contributed by atoms with Gasteiger partial charge in [0.15, 0.2) is 5.78 Å². The molecule has 0 bridgehead atoms. The summed E-state index contributed by atoms with van der Waals surface area (Å²) in [7, 11) is 0. The number of carbonyl (C=O) groups is 2. The number of rotatable bonds is 1. The summed E-state index contributed by atoms with van der Waals surface area (Å²) in [6, 6.07) is 0. The quantitative estimate of drug-likeness (QED) is 0.568. The molecule has 4 aliphatic rings. The first kappa shape index (κ1) is 20.0. The minimum Gasteiger partial charge on any atom is -0.462 e. The number of esters is 1. The lowest BCUT2D eigenvalue weighted by Gasteiger charge is -2.59. The minimum absolute atomic E-state index is 0.0405. The molecule has 7 atom stereocenters. The van der Waals surface area contributed by atoms with Crippen LogP contribution in [0.3, 0.4) is 0 Å². The number of fused-ring (bicyclic) bond motifs is 5. The molecule has 0 saturated heterocycles. The molecule has 0 unspecified atom stereocenters. The van der Waals surface area contributed by atoms with Gasteiger partial charge in [-0.1, -0.05) is 13.8 Å². The van der Waals surface area contributed by atoms with Crippen molar-refractivity contribution in [2.45, 2.75) is 78.0 Å². The number of allylic oxidation sites excluding steroid dienone is 1. The average molecular weight is 398 g/mol. The fourth-order valence-corrected chi connectivity index (χ4v) is 7.30. The van der Waals surface area contributed by atoms with E-state index in [0.717, 1.165) is 25.7 Å². The van der Waals surface area contributed by atoms with Crippen LogP contribution in [0.2, 0.25) is 0 Å². The molecule has 3 nitrogen and oxygen atoms in total. The molecular formula is C22H29F3O3. The van der Waals surface area contributed by atoms with Crippen molar-refractivity contribution in [1.29, 1.82) is 0 Å². The van der Waals surface area contributed by atoms with Crippen molar-refractivity contribution in [1.82, 2.24) is 0 Å². The van der Waals surface area contributed by atoms with E-state index >= 15 is 0 Å². The van der Waals surface area contributed by atoms with E-state index in [9.17, 15) is 22.8 Å². The highest BCUT2D eigenvalue weighted by atomic mass is 19.4. The van der Waals surface area contributed by atoms with Crippen molar-refractivity contribution in [3.8, 4) is 0 Å². The van der Waals surface area contributed by atoms with Gasteiger partial charge in [-0.15, -0.1) is 0 Å². The Balaban J connectivity index is 1.73. The van der Waals surface area contributed by atoms with Gasteiger partial charge in [0.25, 0.3) is 0 Å². The van der Waals surface area contributed by atoms with Gasteiger partial charge in [-0.3, -0.25) is 9.59 Å². The number of alkyl halides is 3. The van der Waals surface area contributed by atoms with Crippen LogP contribution >= 0.6 is 0 Å². The molecule has 156 valence electrons. The van der Waals surface area contributed by atoms with Crippen molar-refractivity contribution < 1.29 is 27.5 Å². The van der Waals surface area contributed by atoms with Gasteiger partial charge in [0.2, 0.25) is 0 Å². The number of halogens is 3. The monoisotopic (exact) mass is 398 g/mol. The Morgan fingerprint density at radius 3 is 2.50 bits per heavy atom. The van der Waals surface area contributed by atoms with Crippen LogP contribution in [-0.2, 0) is 14.3 Å². The summed E-state index contributed by atoms with van der Waals surface area (Å²) >= 11 is 0. The fourth-order valence-electron chi connectivity index (χ4n) is 7.30. The second-order valence-corrected chi connectivity index (χ2v) is 9.91. The molecule has 0 N–H and O–H groups in total. The highest BCUT2D eigenvalue weighted by Crippen LogP contribution is 2.68. The zero-order valence-electron chi connectivity index (χ0n) is 16.8. The fraction of sp³-hybridized carbons (Fsp3) is 0.818. The van der Waals surface area contributed by atoms with Gasteiger partial charge < -0.3 is 4.74 Å². The first-order chi connectivity index (χ1) is 13.0. The molecule has 28 heavy (non-hydrogen) atoms. The highest BCUT2D eigenvalue weighted by molar-refractivity contribution is 5.91. The largest absolute Gasteiger partial charge is 0.462 e. The molecule has 4 aliphatic carbocycles. The zero-order valence-corrected chi connectivity index (χ0v) is 16.8. The minimum atomic E-state index is -4.34. The predicted molar refractivity (Wildman–Crippen MR) is 97.2 cm³/mol. The van der Waals surface area contributed by atoms with Crippen molar-refractivity contribution in [3.63, 3.8) is 0 Å². The van der Waals surface area contributed by atoms with Crippen molar-refractivity contribution in [2.24, 2.45) is 34.5 Å². The summed E-state index contributed by atoms with van der Waals surface area (Å²) in [5.41, 5.74) is -0.473. The van der Waals surface area contributed by atoms with Gasteiger partial charge in [0.1, 0.15) is 6.10 Å². The van der Waals surface area contributed by atoms with E-state index in [1.54, 1.807) is 0 Å². The molecule has 4 rings (SSSR count). The summed E-state index contributed by atoms with van der Waals surface area (Å²) < 4.78 is 47.7. The van der Waals surface area contributed by atoms with Gasteiger partial charge in [0, 0.05) is 18.8 Å². The van der Waals surface area contributed by atoms with Gasteiger partial charge in [-0.25, -0.2) is 0 Å². The molecule has 0 radical (unpaired) electrons. The smallest absolute Gasteiger partial charge is 0.395 e. The van der Waals surface area contributed by atoms with E-state index in [0.29, 0.717) is 18.4 Å². The molecule has 3 saturated carbocycles. The molecular weight excluding hydrogens is 369 g/mol. The molecule has 0 aliphatic heterocycles. The Labute approximate surface area is 164 Å². The molecule has 3 fully saturated rings. The van der Waals surface area contributed by atoms with Gasteiger partial charge in [-0.2, -0.15) is 13.2 Å². The van der Waals surface area contributed by atoms with E-state index in [1.165, 1.54) is 13.0 Å². The third kappa shape index (κ3) is 2.85. The maximum Gasteiger partial charge on any atom is 0.395 e. The normalized spacial score (nSPS) is 45.6. The van der Waals surface area contributed by atoms with Crippen molar-refractivity contribution in [3.05, 3.63) is 11.6 Å². The first-order valence-electron chi connectivity index (χ1n) is 10.5. The van der Waals surface area contributed by atoms with Gasteiger partial charge >= 0.3 is 12.1 Å². The molecule has 0 aromatic rings. The molecule has 0 aromatic heterocycles. The lowest BCUT2D eigenvalue weighted by molar-refractivity contribution is -0.196. The Morgan fingerprint density at radius 1 is 1.14 bits per heavy atom. The molecule has 6 heteroatoms. The van der Waals surface area contributed by atoms with Crippen LogP contribution in [0.25, 0.3) is 0 Å². The van der Waals surface area contributed by atoms with E-state index in [-0.39, 0.29) is 47.4 Å². The summed E-state index contributed by atoms with van der Waals surface area (Å²) in [5.74, 6) is -1.75. The Bertz CT molecular complexity index is 727. The SMILES string of the molecule is CC(=O)O[C@@H]1CC[C@H]2[C@@H]3C[C@@H](C(F)(F)F)C4=CC(=O)CC[C@]4(C)[C@H]3CC[C@]12C. The Kier molecular flexibility index (Phi) is 4.51.